The van der Waals surface area contributed by atoms with Gasteiger partial charge in [0.05, 0.1) is 5.92 Å². The number of aliphatic carboxylic acids is 2. The molecule has 0 bridgehead atoms. The molecule has 1 amide bonds. The number of carboxylic acids is 2. The number of amides is 1. The predicted molar refractivity (Wildman–Crippen MR) is 76.7 cm³/mol. The van der Waals surface area contributed by atoms with Crippen molar-refractivity contribution >= 4 is 33.8 Å². The van der Waals surface area contributed by atoms with Gasteiger partial charge in [-0.2, -0.15) is 0 Å². The molecular weight excluding hydrogens is 342 g/mol. The van der Waals surface area contributed by atoms with Gasteiger partial charge in [-0.05, 0) is 17.7 Å². The second kappa shape index (κ2) is 6.26. The summed E-state index contributed by atoms with van der Waals surface area (Å²) in [4.78, 5) is 35.4. The molecule has 1 fully saturated rings. The van der Waals surface area contributed by atoms with Gasteiger partial charge in [-0.25, -0.2) is 4.79 Å². The second-order valence-electron chi connectivity index (χ2n) is 4.97. The van der Waals surface area contributed by atoms with Crippen LogP contribution in [-0.2, 0) is 20.8 Å². The SMILES string of the molecule is O=C(O)C1CC(=O)N([C@@H](Cc2cccc(Br)c2)C(=O)O)C1. The summed E-state index contributed by atoms with van der Waals surface area (Å²) in [6, 6.07) is 6.11. The first-order valence-electron chi connectivity index (χ1n) is 6.38. The molecule has 0 saturated carbocycles. The van der Waals surface area contributed by atoms with E-state index in [0.717, 1.165) is 14.9 Å². The van der Waals surface area contributed by atoms with Crippen LogP contribution in [-0.4, -0.2) is 45.5 Å². The lowest BCUT2D eigenvalue weighted by molar-refractivity contribution is -0.148. The normalized spacial score (nSPS) is 19.6. The highest BCUT2D eigenvalue weighted by molar-refractivity contribution is 9.10. The van der Waals surface area contributed by atoms with Gasteiger partial charge in [0.25, 0.3) is 0 Å². The summed E-state index contributed by atoms with van der Waals surface area (Å²) >= 11 is 3.31. The van der Waals surface area contributed by atoms with Gasteiger partial charge in [0.15, 0.2) is 0 Å². The fraction of sp³-hybridized carbons (Fsp3) is 0.357. The van der Waals surface area contributed by atoms with Gasteiger partial charge in [-0.3, -0.25) is 9.59 Å². The van der Waals surface area contributed by atoms with E-state index >= 15 is 0 Å². The van der Waals surface area contributed by atoms with Gasteiger partial charge >= 0.3 is 11.9 Å². The molecule has 112 valence electrons. The molecule has 0 aromatic heterocycles. The minimum atomic E-state index is -1.13. The molecule has 0 radical (unpaired) electrons. The standard InChI is InChI=1S/C14H14BrNO5/c15-10-3-1-2-8(4-10)5-11(14(20)21)16-7-9(13(18)19)6-12(16)17/h1-4,9,11H,5-7H2,(H,18,19)(H,20,21)/t9?,11-/m0/s1. The smallest absolute Gasteiger partial charge is 0.326 e. The van der Waals surface area contributed by atoms with Crippen LogP contribution in [0.1, 0.15) is 12.0 Å². The van der Waals surface area contributed by atoms with E-state index in [-0.39, 0.29) is 19.4 Å². The van der Waals surface area contributed by atoms with Crippen molar-refractivity contribution in [1.82, 2.24) is 4.90 Å². The number of halogens is 1. The summed E-state index contributed by atoms with van der Waals surface area (Å²) in [7, 11) is 0. The van der Waals surface area contributed by atoms with Crippen LogP contribution in [0, 0.1) is 5.92 Å². The quantitative estimate of drug-likeness (QED) is 0.831. The number of rotatable bonds is 5. The summed E-state index contributed by atoms with van der Waals surface area (Å²) in [6.07, 6.45) is 0.00441. The summed E-state index contributed by atoms with van der Waals surface area (Å²) < 4.78 is 0.820. The molecule has 21 heavy (non-hydrogen) atoms. The second-order valence-corrected chi connectivity index (χ2v) is 5.89. The minimum absolute atomic E-state index is 0.0564. The summed E-state index contributed by atoms with van der Waals surface area (Å²) in [5.41, 5.74) is 0.767. The third-order valence-electron chi connectivity index (χ3n) is 3.49. The number of carbonyl (C=O) groups is 3. The average molecular weight is 356 g/mol. The van der Waals surface area contributed by atoms with E-state index < -0.39 is 29.8 Å². The molecule has 2 atom stereocenters. The van der Waals surface area contributed by atoms with Gasteiger partial charge in [0.1, 0.15) is 6.04 Å². The molecule has 7 heteroatoms. The first kappa shape index (κ1) is 15.5. The largest absolute Gasteiger partial charge is 0.481 e. The first-order chi connectivity index (χ1) is 9.88. The molecule has 2 N–H and O–H groups in total. The van der Waals surface area contributed by atoms with E-state index in [2.05, 4.69) is 15.9 Å². The van der Waals surface area contributed by atoms with Crippen LogP contribution < -0.4 is 0 Å². The maximum Gasteiger partial charge on any atom is 0.326 e. The molecule has 1 aromatic carbocycles. The highest BCUT2D eigenvalue weighted by atomic mass is 79.9. The van der Waals surface area contributed by atoms with Crippen LogP contribution in [0.15, 0.2) is 28.7 Å². The molecule has 1 heterocycles. The zero-order valence-corrected chi connectivity index (χ0v) is 12.6. The third-order valence-corrected chi connectivity index (χ3v) is 3.98. The zero-order valence-electron chi connectivity index (χ0n) is 11.0. The molecule has 2 rings (SSSR count). The third kappa shape index (κ3) is 3.60. The van der Waals surface area contributed by atoms with Crippen LogP contribution in [0.5, 0.6) is 0 Å². The van der Waals surface area contributed by atoms with Crippen molar-refractivity contribution in [2.75, 3.05) is 6.54 Å². The van der Waals surface area contributed by atoms with E-state index in [9.17, 15) is 19.5 Å². The molecule has 1 unspecified atom stereocenters. The van der Waals surface area contributed by atoms with E-state index in [1.54, 1.807) is 18.2 Å². The van der Waals surface area contributed by atoms with Crippen LogP contribution >= 0.6 is 15.9 Å². The van der Waals surface area contributed by atoms with Crippen LogP contribution in [0.4, 0.5) is 0 Å². The predicted octanol–water partition coefficient (Wildman–Crippen LogP) is 1.38. The van der Waals surface area contributed by atoms with E-state index in [4.69, 9.17) is 5.11 Å². The van der Waals surface area contributed by atoms with Crippen LogP contribution in [0.25, 0.3) is 0 Å². The van der Waals surface area contributed by atoms with Gasteiger partial charge in [0.2, 0.25) is 5.91 Å². The van der Waals surface area contributed by atoms with Crippen molar-refractivity contribution in [1.29, 1.82) is 0 Å². The Morgan fingerprint density at radius 2 is 2.10 bits per heavy atom. The van der Waals surface area contributed by atoms with Crippen molar-refractivity contribution in [3.63, 3.8) is 0 Å². The number of carbonyl (C=O) groups excluding carboxylic acids is 1. The Hall–Kier alpha value is -1.89. The maximum atomic E-state index is 11.9. The highest BCUT2D eigenvalue weighted by Crippen LogP contribution is 2.23. The minimum Gasteiger partial charge on any atom is -0.481 e. The molecule has 1 saturated heterocycles. The van der Waals surface area contributed by atoms with Gasteiger partial charge in [0, 0.05) is 23.9 Å². The number of hydrogen-bond donors (Lipinski definition) is 2. The van der Waals surface area contributed by atoms with Crippen LogP contribution in [0.3, 0.4) is 0 Å². The fourth-order valence-corrected chi connectivity index (χ4v) is 2.86. The van der Waals surface area contributed by atoms with E-state index in [1.165, 1.54) is 0 Å². The molecule has 6 nitrogen and oxygen atoms in total. The number of benzene rings is 1. The van der Waals surface area contributed by atoms with Crippen LogP contribution in [0.2, 0.25) is 0 Å². The van der Waals surface area contributed by atoms with Crippen molar-refractivity contribution < 1.29 is 24.6 Å². The lowest BCUT2D eigenvalue weighted by Gasteiger charge is -2.24. The molecule has 1 aliphatic heterocycles. The Morgan fingerprint density at radius 3 is 2.62 bits per heavy atom. The molecule has 1 aromatic rings. The topological polar surface area (TPSA) is 94.9 Å². The Morgan fingerprint density at radius 1 is 1.38 bits per heavy atom. The summed E-state index contributed by atoms with van der Waals surface area (Å²) in [5, 5.41) is 18.3. The molecular formula is C14H14BrNO5. The van der Waals surface area contributed by atoms with Crippen molar-refractivity contribution in [2.45, 2.75) is 18.9 Å². The molecule has 0 aliphatic carbocycles. The van der Waals surface area contributed by atoms with Gasteiger partial charge in [-0.1, -0.05) is 28.1 Å². The van der Waals surface area contributed by atoms with E-state index in [0.29, 0.717) is 0 Å². The summed E-state index contributed by atoms with van der Waals surface area (Å²) in [6.45, 7) is -0.0564. The van der Waals surface area contributed by atoms with E-state index in [1.807, 2.05) is 6.07 Å². The highest BCUT2D eigenvalue weighted by Gasteiger charge is 2.40. The van der Waals surface area contributed by atoms with Gasteiger partial charge in [-0.15, -0.1) is 0 Å². The number of nitrogens with zero attached hydrogens (tertiary/aromatic N) is 1. The molecule has 0 spiro atoms. The maximum absolute atomic E-state index is 11.9. The molecule has 1 aliphatic rings. The Kier molecular flexibility index (Phi) is 4.62. The summed E-state index contributed by atoms with van der Waals surface area (Å²) in [5.74, 6) is -3.46. The first-order valence-corrected chi connectivity index (χ1v) is 7.17. The van der Waals surface area contributed by atoms with Crippen molar-refractivity contribution in [2.24, 2.45) is 5.92 Å². The lowest BCUT2D eigenvalue weighted by Crippen LogP contribution is -2.44. The number of carboxylic acid groups (broad SMARTS) is 2. The number of hydrogen-bond acceptors (Lipinski definition) is 3. The average Bonchev–Trinajstić information content (AvgIpc) is 2.78. The van der Waals surface area contributed by atoms with Crippen molar-refractivity contribution in [3.8, 4) is 0 Å². The monoisotopic (exact) mass is 355 g/mol. The Labute approximate surface area is 129 Å². The lowest BCUT2D eigenvalue weighted by atomic mass is 10.0. The Balaban J connectivity index is 2.18. The van der Waals surface area contributed by atoms with Crippen molar-refractivity contribution in [3.05, 3.63) is 34.3 Å². The zero-order chi connectivity index (χ0) is 15.6. The fourth-order valence-electron chi connectivity index (χ4n) is 2.42. The van der Waals surface area contributed by atoms with Gasteiger partial charge < -0.3 is 15.1 Å². The number of likely N-dealkylation sites (tertiary alicyclic amines) is 1. The Bertz CT molecular complexity index is 588.